The first-order chi connectivity index (χ1) is 9.40. The van der Waals surface area contributed by atoms with Gasteiger partial charge in [-0.15, -0.1) is 0 Å². The Morgan fingerprint density at radius 3 is 2.15 bits per heavy atom. The van der Waals surface area contributed by atoms with Gasteiger partial charge >= 0.3 is 0 Å². The lowest BCUT2D eigenvalue weighted by molar-refractivity contribution is -0.0283. The van der Waals surface area contributed by atoms with Crippen LogP contribution in [-0.2, 0) is 4.74 Å². The fourth-order valence-corrected chi connectivity index (χ4v) is 2.25. The predicted molar refractivity (Wildman–Crippen MR) is 84.0 cm³/mol. The van der Waals surface area contributed by atoms with Crippen molar-refractivity contribution in [3.8, 4) is 5.75 Å². The summed E-state index contributed by atoms with van der Waals surface area (Å²) < 4.78 is 11.5. The molecule has 1 rings (SSSR count). The van der Waals surface area contributed by atoms with Gasteiger partial charge in [0.2, 0.25) is 0 Å². The van der Waals surface area contributed by atoms with E-state index in [0.29, 0.717) is 6.61 Å². The number of ether oxygens (including phenoxy) is 2. The molecule has 114 valence electrons. The van der Waals surface area contributed by atoms with E-state index in [1.807, 2.05) is 31.2 Å². The maximum Gasteiger partial charge on any atom is 0.119 e. The van der Waals surface area contributed by atoms with Gasteiger partial charge < -0.3 is 15.2 Å². The van der Waals surface area contributed by atoms with E-state index < -0.39 is 0 Å². The molecule has 1 aromatic carbocycles. The molecule has 0 amide bonds. The van der Waals surface area contributed by atoms with Crippen molar-refractivity contribution in [3.05, 3.63) is 29.8 Å². The van der Waals surface area contributed by atoms with Gasteiger partial charge in [0, 0.05) is 6.61 Å². The molecule has 0 saturated carbocycles. The molecule has 20 heavy (non-hydrogen) atoms. The molecule has 2 atom stereocenters. The van der Waals surface area contributed by atoms with E-state index in [1.54, 1.807) is 0 Å². The van der Waals surface area contributed by atoms with Crippen LogP contribution in [0.5, 0.6) is 5.75 Å². The van der Waals surface area contributed by atoms with Gasteiger partial charge in [0.15, 0.2) is 0 Å². The quantitative estimate of drug-likeness (QED) is 0.822. The van der Waals surface area contributed by atoms with E-state index in [0.717, 1.165) is 24.3 Å². The molecule has 0 aliphatic heterocycles. The minimum atomic E-state index is -0.129. The lowest BCUT2D eigenvalue weighted by Gasteiger charge is -2.35. The maximum atomic E-state index is 6.40. The second-order valence-electron chi connectivity index (χ2n) is 6.19. The smallest absolute Gasteiger partial charge is 0.119 e. The average Bonchev–Trinajstić information content (AvgIpc) is 2.41. The summed E-state index contributed by atoms with van der Waals surface area (Å²) in [6.45, 7) is 12.0. The number of rotatable bonds is 7. The van der Waals surface area contributed by atoms with E-state index in [-0.39, 0.29) is 17.6 Å². The Morgan fingerprint density at radius 2 is 1.70 bits per heavy atom. The zero-order chi connectivity index (χ0) is 15.2. The van der Waals surface area contributed by atoms with Gasteiger partial charge in [-0.3, -0.25) is 0 Å². The normalized spacial score (nSPS) is 14.9. The fraction of sp³-hybridized carbons (Fsp3) is 0.647. The molecule has 0 aliphatic carbocycles. The van der Waals surface area contributed by atoms with Gasteiger partial charge in [0.25, 0.3) is 0 Å². The van der Waals surface area contributed by atoms with Crippen molar-refractivity contribution in [3.63, 3.8) is 0 Å². The van der Waals surface area contributed by atoms with Crippen LogP contribution in [0.4, 0.5) is 0 Å². The van der Waals surface area contributed by atoms with Gasteiger partial charge in [-0.2, -0.15) is 0 Å². The second kappa shape index (κ2) is 7.65. The molecule has 3 heteroatoms. The predicted octanol–water partition coefficient (Wildman–Crippen LogP) is 3.93. The zero-order valence-corrected chi connectivity index (χ0v) is 13.5. The van der Waals surface area contributed by atoms with Crippen LogP contribution in [0, 0.1) is 5.41 Å². The Balaban J connectivity index is 2.81. The first-order valence-electron chi connectivity index (χ1n) is 7.50. The van der Waals surface area contributed by atoms with Gasteiger partial charge in [0.05, 0.1) is 18.8 Å². The molecule has 0 bridgehead atoms. The van der Waals surface area contributed by atoms with Gasteiger partial charge in [0.1, 0.15) is 5.75 Å². The van der Waals surface area contributed by atoms with E-state index >= 15 is 0 Å². The first kappa shape index (κ1) is 17.0. The summed E-state index contributed by atoms with van der Waals surface area (Å²) in [7, 11) is 0. The number of benzene rings is 1. The van der Waals surface area contributed by atoms with Crippen molar-refractivity contribution in [1.29, 1.82) is 0 Å². The zero-order valence-electron chi connectivity index (χ0n) is 13.5. The fourth-order valence-electron chi connectivity index (χ4n) is 2.25. The Morgan fingerprint density at radius 1 is 1.10 bits per heavy atom. The molecule has 0 aromatic heterocycles. The van der Waals surface area contributed by atoms with Crippen LogP contribution in [0.1, 0.15) is 52.6 Å². The summed E-state index contributed by atoms with van der Waals surface area (Å²) in [5.41, 5.74) is 7.49. The van der Waals surface area contributed by atoms with E-state index in [9.17, 15) is 0 Å². The molecule has 0 fully saturated rings. The van der Waals surface area contributed by atoms with Crippen molar-refractivity contribution >= 4 is 0 Å². The average molecular weight is 279 g/mol. The molecular formula is C17H29NO2. The van der Waals surface area contributed by atoms with Crippen LogP contribution >= 0.6 is 0 Å². The van der Waals surface area contributed by atoms with E-state index in [2.05, 4.69) is 27.7 Å². The summed E-state index contributed by atoms with van der Waals surface area (Å²) in [6.07, 6.45) is 1.01. The summed E-state index contributed by atoms with van der Waals surface area (Å²) in [6, 6.07) is 7.91. The highest BCUT2D eigenvalue weighted by atomic mass is 16.5. The monoisotopic (exact) mass is 279 g/mol. The van der Waals surface area contributed by atoms with Crippen LogP contribution in [0.2, 0.25) is 0 Å². The largest absolute Gasteiger partial charge is 0.494 e. The Labute approximate surface area is 123 Å². The molecule has 0 saturated heterocycles. The minimum absolute atomic E-state index is 0.00471. The van der Waals surface area contributed by atoms with Crippen molar-refractivity contribution in [2.24, 2.45) is 11.1 Å². The number of nitrogens with two attached hydrogens (primary N) is 1. The van der Waals surface area contributed by atoms with Crippen LogP contribution in [0.15, 0.2) is 24.3 Å². The summed E-state index contributed by atoms with van der Waals surface area (Å²) in [4.78, 5) is 0. The molecular weight excluding hydrogens is 250 g/mol. The molecule has 2 N–H and O–H groups in total. The lowest BCUT2D eigenvalue weighted by atomic mass is 9.82. The molecule has 0 radical (unpaired) electrons. The number of hydrogen-bond acceptors (Lipinski definition) is 3. The molecule has 1 aromatic rings. The van der Waals surface area contributed by atoms with Crippen LogP contribution in [0.25, 0.3) is 0 Å². The van der Waals surface area contributed by atoms with E-state index in [4.69, 9.17) is 15.2 Å². The summed E-state index contributed by atoms with van der Waals surface area (Å²) >= 11 is 0. The third kappa shape index (κ3) is 4.80. The first-order valence-corrected chi connectivity index (χ1v) is 7.50. The molecule has 0 heterocycles. The Bertz CT molecular complexity index is 381. The minimum Gasteiger partial charge on any atom is -0.494 e. The Kier molecular flexibility index (Phi) is 6.50. The third-order valence-corrected chi connectivity index (χ3v) is 3.26. The molecule has 3 nitrogen and oxygen atoms in total. The molecule has 2 unspecified atom stereocenters. The highest BCUT2D eigenvalue weighted by Crippen LogP contribution is 2.32. The molecule has 0 aliphatic rings. The van der Waals surface area contributed by atoms with Crippen LogP contribution in [0.3, 0.4) is 0 Å². The highest BCUT2D eigenvalue weighted by molar-refractivity contribution is 5.29. The topological polar surface area (TPSA) is 44.5 Å². The van der Waals surface area contributed by atoms with E-state index in [1.165, 1.54) is 0 Å². The van der Waals surface area contributed by atoms with Gasteiger partial charge in [-0.25, -0.2) is 0 Å². The standard InChI is InChI=1S/C17H29NO2/c1-6-12-20-14-10-8-13(9-11-14)15(18)16(19-7-2)17(3,4)5/h8-11,15-16H,6-7,12,18H2,1-5H3. The van der Waals surface area contributed by atoms with Crippen molar-refractivity contribution < 1.29 is 9.47 Å². The highest BCUT2D eigenvalue weighted by Gasteiger charge is 2.31. The Hall–Kier alpha value is -1.06. The van der Waals surface area contributed by atoms with Crippen LogP contribution < -0.4 is 10.5 Å². The van der Waals surface area contributed by atoms with Crippen molar-refractivity contribution in [1.82, 2.24) is 0 Å². The van der Waals surface area contributed by atoms with Gasteiger partial charge in [-0.1, -0.05) is 39.8 Å². The van der Waals surface area contributed by atoms with Gasteiger partial charge in [-0.05, 0) is 36.5 Å². The molecule has 0 spiro atoms. The maximum absolute atomic E-state index is 6.40. The summed E-state index contributed by atoms with van der Waals surface area (Å²) in [5, 5.41) is 0. The SMILES string of the molecule is CCCOc1ccc(C(N)C(OCC)C(C)(C)C)cc1. The van der Waals surface area contributed by atoms with Crippen LogP contribution in [-0.4, -0.2) is 19.3 Å². The summed E-state index contributed by atoms with van der Waals surface area (Å²) in [5.74, 6) is 0.895. The second-order valence-corrected chi connectivity index (χ2v) is 6.19. The lowest BCUT2D eigenvalue weighted by Crippen LogP contribution is -2.39. The van der Waals surface area contributed by atoms with Crippen molar-refractivity contribution in [2.45, 2.75) is 53.2 Å². The third-order valence-electron chi connectivity index (χ3n) is 3.26. The van der Waals surface area contributed by atoms with Crippen molar-refractivity contribution in [2.75, 3.05) is 13.2 Å². The number of hydrogen-bond donors (Lipinski definition) is 1.